The molecular formula is C63H120N24O10. The molecule has 34 nitrogen and oxygen atoms in total. The number of primary amides is 1. The Morgan fingerprint density at radius 1 is 0.299 bits per heavy atom. The van der Waals surface area contributed by atoms with Gasteiger partial charge in [0.1, 0.15) is 42.3 Å². The Labute approximate surface area is 571 Å². The van der Waals surface area contributed by atoms with E-state index in [0.717, 1.165) is 0 Å². The Bertz CT molecular complexity index is 2530. The second kappa shape index (κ2) is 47.3. The van der Waals surface area contributed by atoms with Gasteiger partial charge in [-0.1, -0.05) is 0 Å². The lowest BCUT2D eigenvalue weighted by Crippen LogP contribution is -2.57. The fourth-order valence-corrected chi connectivity index (χ4v) is 12.3. The molecule has 34 heteroatoms. The first kappa shape index (κ1) is 83.5. The van der Waals surface area contributed by atoms with Crippen molar-refractivity contribution in [3.63, 3.8) is 0 Å². The number of hydrogen-bond acceptors (Lipinski definition) is 18. The summed E-state index contributed by atoms with van der Waals surface area (Å²) < 4.78 is 0. The summed E-state index contributed by atoms with van der Waals surface area (Å²) in [6, 6.07) is -7.93. The molecule has 3 fully saturated rings. The molecule has 0 heterocycles. The molecule has 3 aliphatic rings. The number of nitrogens with zero attached hydrogens (tertiary/aromatic N) is 3. The Balaban J connectivity index is 1.66. The number of carbonyl (C=O) groups excluding carboxylic acids is 10. The predicted molar refractivity (Wildman–Crippen MR) is 372 cm³/mol. The van der Waals surface area contributed by atoms with Crippen molar-refractivity contribution in [1.29, 1.82) is 0 Å². The summed E-state index contributed by atoms with van der Waals surface area (Å²) in [5, 5.41) is 26.1. The molecule has 3 aliphatic carbocycles. The Morgan fingerprint density at radius 3 is 0.814 bits per heavy atom. The first-order valence-electron chi connectivity index (χ1n) is 35.1. The van der Waals surface area contributed by atoms with Crippen molar-refractivity contribution in [1.82, 2.24) is 47.9 Å². The van der Waals surface area contributed by atoms with Gasteiger partial charge in [0.05, 0.1) is 0 Å². The smallest absolute Gasteiger partial charge is 0.243 e. The Hall–Kier alpha value is -7.69. The molecule has 0 aromatic rings. The third kappa shape index (κ3) is 33.9. The molecule has 97 heavy (non-hydrogen) atoms. The minimum Gasteiger partial charge on any atom is -0.370 e. The van der Waals surface area contributed by atoms with Crippen molar-refractivity contribution in [3.8, 4) is 0 Å². The molecule has 33 N–H and O–H groups in total. The van der Waals surface area contributed by atoms with E-state index in [2.05, 4.69) is 62.8 Å². The molecule has 0 aromatic carbocycles. The largest absolute Gasteiger partial charge is 0.370 e. The monoisotopic (exact) mass is 1370 g/mol. The highest BCUT2D eigenvalue weighted by molar-refractivity contribution is 5.96. The average molecular weight is 1370 g/mol. The van der Waals surface area contributed by atoms with Crippen LogP contribution >= 0.6 is 0 Å². The number of nitrogens with two attached hydrogens (primary N) is 12. The van der Waals surface area contributed by atoms with Gasteiger partial charge in [0.2, 0.25) is 59.1 Å². The summed E-state index contributed by atoms with van der Waals surface area (Å²) in [6.07, 6.45) is 12.5. The van der Waals surface area contributed by atoms with E-state index in [1.54, 1.807) is 0 Å². The molecule has 0 aliphatic heterocycles. The molecule has 0 radical (unpaired) electrons. The van der Waals surface area contributed by atoms with Crippen LogP contribution in [0, 0.1) is 17.8 Å². The van der Waals surface area contributed by atoms with Crippen molar-refractivity contribution in [3.05, 3.63) is 0 Å². The van der Waals surface area contributed by atoms with Crippen LogP contribution in [0.25, 0.3) is 0 Å². The zero-order valence-corrected chi connectivity index (χ0v) is 57.0. The lowest BCUT2D eigenvalue weighted by Gasteiger charge is -2.32. The van der Waals surface area contributed by atoms with Crippen molar-refractivity contribution in [2.45, 2.75) is 253 Å². The summed E-state index contributed by atoms with van der Waals surface area (Å²) in [6.45, 7) is 1.98. The normalized spacial score (nSPS) is 20.5. The van der Waals surface area contributed by atoms with Crippen molar-refractivity contribution in [2.75, 3.05) is 45.8 Å². The third-order valence-corrected chi connectivity index (χ3v) is 18.1. The maximum Gasteiger partial charge on any atom is 0.243 e. The highest BCUT2D eigenvalue weighted by Crippen LogP contribution is 2.28. The maximum atomic E-state index is 14.2. The minimum atomic E-state index is -1.17. The van der Waals surface area contributed by atoms with Crippen LogP contribution in [0.5, 0.6) is 0 Å². The van der Waals surface area contributed by atoms with Crippen LogP contribution in [-0.4, -0.2) is 183 Å². The lowest BCUT2D eigenvalue weighted by molar-refractivity contribution is -0.135. The van der Waals surface area contributed by atoms with Crippen LogP contribution in [-0.2, 0) is 47.9 Å². The van der Waals surface area contributed by atoms with Crippen molar-refractivity contribution >= 4 is 77.0 Å². The van der Waals surface area contributed by atoms with Gasteiger partial charge in [-0.05, 0) is 219 Å². The van der Waals surface area contributed by atoms with E-state index in [0.29, 0.717) is 167 Å². The fourth-order valence-electron chi connectivity index (χ4n) is 12.3. The Morgan fingerprint density at radius 2 is 0.536 bits per heavy atom. The first-order valence-corrected chi connectivity index (χ1v) is 35.1. The van der Waals surface area contributed by atoms with E-state index >= 15 is 0 Å². The summed E-state index contributed by atoms with van der Waals surface area (Å²) >= 11 is 0. The number of guanidine groups is 3. The molecule has 0 aromatic heterocycles. The summed E-state index contributed by atoms with van der Waals surface area (Å²) in [7, 11) is 0. The van der Waals surface area contributed by atoms with Crippen LogP contribution < -0.4 is 117 Å². The van der Waals surface area contributed by atoms with E-state index in [1.165, 1.54) is 0 Å². The maximum absolute atomic E-state index is 14.2. The Kier molecular flexibility index (Phi) is 40.7. The third-order valence-electron chi connectivity index (χ3n) is 18.1. The summed E-state index contributed by atoms with van der Waals surface area (Å²) in [5.74, 6) is -6.77. The number of amides is 10. The van der Waals surface area contributed by atoms with Gasteiger partial charge in [-0.2, -0.15) is 0 Å². The topological polar surface area (TPSA) is 628 Å². The second-order valence-corrected chi connectivity index (χ2v) is 26.0. The molecule has 3 rings (SSSR count). The molecule has 0 saturated heterocycles. The van der Waals surface area contributed by atoms with Gasteiger partial charge in [0, 0.05) is 55.5 Å². The van der Waals surface area contributed by atoms with Gasteiger partial charge in [-0.3, -0.25) is 62.9 Å². The molecule has 10 amide bonds. The van der Waals surface area contributed by atoms with Crippen LogP contribution in [0.15, 0.2) is 15.0 Å². The molecular weight excluding hydrogens is 1250 g/mol. The van der Waals surface area contributed by atoms with Gasteiger partial charge >= 0.3 is 0 Å². The van der Waals surface area contributed by atoms with E-state index in [4.69, 9.17) is 68.8 Å². The summed E-state index contributed by atoms with van der Waals surface area (Å²) in [4.78, 5) is 150. The van der Waals surface area contributed by atoms with Crippen LogP contribution in [0.1, 0.15) is 193 Å². The number of rotatable bonds is 47. The predicted octanol–water partition coefficient (Wildman–Crippen LogP) is -4.59. The highest BCUT2D eigenvalue weighted by atomic mass is 16.2. The van der Waals surface area contributed by atoms with E-state index < -0.39 is 95.5 Å². The van der Waals surface area contributed by atoms with Gasteiger partial charge in [0.25, 0.3) is 0 Å². The molecule has 0 spiro atoms. The number of unbranched alkanes of at least 4 members (excludes halogenated alkanes) is 4. The highest BCUT2D eigenvalue weighted by Gasteiger charge is 2.37. The van der Waals surface area contributed by atoms with E-state index in [-0.39, 0.29) is 131 Å². The second-order valence-electron chi connectivity index (χ2n) is 26.0. The van der Waals surface area contributed by atoms with Crippen molar-refractivity contribution in [2.24, 2.45) is 102 Å². The quantitative estimate of drug-likeness (QED) is 0.0155. The molecule has 0 unspecified atom stereocenters. The van der Waals surface area contributed by atoms with Gasteiger partial charge in [-0.15, -0.1) is 0 Å². The molecule has 3 saturated carbocycles. The molecule has 7 atom stereocenters. The molecule has 552 valence electrons. The van der Waals surface area contributed by atoms with Crippen LogP contribution in [0.4, 0.5) is 0 Å². The van der Waals surface area contributed by atoms with E-state index in [9.17, 15) is 47.9 Å². The fraction of sp³-hybridized carbons (Fsp3) is 0.794. The van der Waals surface area contributed by atoms with Gasteiger partial charge in [-0.25, -0.2) is 0 Å². The van der Waals surface area contributed by atoms with Crippen molar-refractivity contribution < 1.29 is 47.9 Å². The minimum absolute atomic E-state index is 0.0145. The molecule has 0 bridgehead atoms. The van der Waals surface area contributed by atoms with Crippen LogP contribution in [0.2, 0.25) is 0 Å². The van der Waals surface area contributed by atoms with E-state index in [1.807, 2.05) is 0 Å². The zero-order valence-electron chi connectivity index (χ0n) is 57.0. The number of nitrogens with one attached hydrogen (secondary N) is 9. The standard InChI is InChI=1S/C63H120N24O10/c64-31-5-1-12-44(51(69)88)81-57(94)50(18-11-37-78-63(74)75)87-60(97)49(17-10-36-77-62(72)73)84-54(91)40-23-27-42(28-24-40)79-55(92)45(13-2-6-32-65)82-53(90)39-21-29-43(30-22-39)80-56(93)46(14-3-7-33-66)85-58(95)47(15-4-8-34-67)86-59(96)48(16-9-35-76-61(70)71)83-52(89)38-19-25-41(68)26-20-38/h38-50H,1-37,64-68H2,(H2,69,88)(H,79,92)(H,80,93)(H,81,94)(H,82,90)(H,83,89)(H,84,91)(H,85,95)(H,86,96)(H,87,97)(H4,70,71,76)(H4,72,73,77)(H4,74,75,78)/t38?,39?,40?,41?,42?,43?,44-,45-,46-,47-,48-,49-,50-/m0/s1. The number of hydrogen-bond donors (Lipinski definition) is 21. The van der Waals surface area contributed by atoms with Gasteiger partial charge < -0.3 is 117 Å². The number of carbonyl (C=O) groups is 10. The summed E-state index contributed by atoms with van der Waals surface area (Å²) in [5.41, 5.74) is 68.0. The van der Waals surface area contributed by atoms with Crippen LogP contribution in [0.3, 0.4) is 0 Å². The SMILES string of the molecule is NCCCC[C@H](NC(=O)[C@H](CCCN=C(N)N)NC(=O)[C@H](CCCN=C(N)N)NC(=O)C1CCC(NC(=O)[C@H](CCCCN)NC(=O)C2CCC(NC(=O)[C@H](CCCCN)NC(=O)[C@H](CCCCN)NC(=O)[C@H](CCCN=C(N)N)NC(=O)C3CCC(N)CC3)CC2)CC1)C(N)=O. The van der Waals surface area contributed by atoms with Gasteiger partial charge in [0.15, 0.2) is 17.9 Å². The lowest BCUT2D eigenvalue weighted by atomic mass is 9.84. The average Bonchev–Trinajstić information content (AvgIpc) is 1.02. The number of aliphatic imine (C=N–C) groups is 3. The zero-order chi connectivity index (χ0) is 71.7. The first-order chi connectivity index (χ1) is 46.4.